The van der Waals surface area contributed by atoms with Crippen LogP contribution in [0.3, 0.4) is 0 Å². The summed E-state index contributed by atoms with van der Waals surface area (Å²) in [7, 11) is -2.59. The Labute approximate surface area is 147 Å². The summed E-state index contributed by atoms with van der Waals surface area (Å²) >= 11 is 12.3. The first-order chi connectivity index (χ1) is 11.2. The summed E-state index contributed by atoms with van der Waals surface area (Å²) in [6.07, 6.45) is 2.77. The smallest absolute Gasteiger partial charge is 0.188 e. The van der Waals surface area contributed by atoms with Crippen molar-refractivity contribution in [3.8, 4) is 11.3 Å². The number of aromatic nitrogens is 4. The summed E-state index contributed by atoms with van der Waals surface area (Å²) in [5.74, 6) is -0.583. The summed E-state index contributed by atoms with van der Waals surface area (Å²) in [6.45, 7) is 4.80. The number of nitrogens with zero attached hydrogens (tertiary/aromatic N) is 4. The van der Waals surface area contributed by atoms with E-state index in [4.69, 9.17) is 23.2 Å². The highest BCUT2D eigenvalue weighted by Crippen LogP contribution is 2.34. The molecular formula is C15H12Cl2FN4OP. The lowest BCUT2D eigenvalue weighted by atomic mass is 10.2. The zero-order valence-electron chi connectivity index (χ0n) is 13.0. The second-order valence-corrected chi connectivity index (χ2v) is 9.49. The van der Waals surface area contributed by atoms with E-state index in [1.54, 1.807) is 20.3 Å². The Morgan fingerprint density at radius 1 is 1.08 bits per heavy atom. The van der Waals surface area contributed by atoms with E-state index in [0.29, 0.717) is 22.3 Å². The number of fused-ring (bicyclic) bond motifs is 1. The van der Waals surface area contributed by atoms with Gasteiger partial charge in [-0.05, 0) is 20.3 Å². The van der Waals surface area contributed by atoms with Crippen LogP contribution >= 0.6 is 30.3 Å². The first kappa shape index (κ1) is 17.2. The lowest BCUT2D eigenvalue weighted by Gasteiger charge is -2.09. The van der Waals surface area contributed by atoms with Gasteiger partial charge >= 0.3 is 0 Å². The minimum Gasteiger partial charge on any atom is -0.316 e. The SMILES string of the molecule is Cc1nc2cc(F)c(-c3cnc(P(C)(C)=O)nc3)nc2c(Cl)c1Cl. The number of halogens is 3. The second kappa shape index (κ2) is 6.03. The molecule has 0 N–H and O–H groups in total. The van der Waals surface area contributed by atoms with Crippen LogP contribution in [0, 0.1) is 12.7 Å². The quantitative estimate of drug-likeness (QED) is 0.622. The van der Waals surface area contributed by atoms with Gasteiger partial charge in [-0.1, -0.05) is 23.2 Å². The summed E-state index contributed by atoms with van der Waals surface area (Å²) in [6, 6.07) is 1.24. The molecule has 0 unspecified atom stereocenters. The maximum atomic E-state index is 14.4. The third-order valence-electron chi connectivity index (χ3n) is 3.36. The molecule has 0 spiro atoms. The van der Waals surface area contributed by atoms with Crippen LogP contribution in [0.5, 0.6) is 0 Å². The molecule has 0 saturated carbocycles. The molecule has 24 heavy (non-hydrogen) atoms. The van der Waals surface area contributed by atoms with E-state index in [-0.39, 0.29) is 21.3 Å². The number of pyridine rings is 2. The van der Waals surface area contributed by atoms with Crippen LogP contribution in [0.4, 0.5) is 4.39 Å². The summed E-state index contributed by atoms with van der Waals surface area (Å²) < 4.78 is 26.4. The van der Waals surface area contributed by atoms with Crippen LogP contribution in [0.1, 0.15) is 5.69 Å². The Balaban J connectivity index is 2.19. The Kier molecular flexibility index (Phi) is 4.32. The molecule has 3 aromatic rings. The van der Waals surface area contributed by atoms with Crippen LogP contribution in [-0.2, 0) is 4.57 Å². The van der Waals surface area contributed by atoms with E-state index in [1.807, 2.05) is 0 Å². The van der Waals surface area contributed by atoms with Crippen molar-refractivity contribution in [2.45, 2.75) is 6.92 Å². The van der Waals surface area contributed by atoms with E-state index in [9.17, 15) is 8.96 Å². The summed E-state index contributed by atoms with van der Waals surface area (Å²) in [5, 5.41) is 0.489. The fraction of sp³-hybridized carbons (Fsp3) is 0.200. The lowest BCUT2D eigenvalue weighted by molar-refractivity contribution is 0.587. The standard InChI is InChI=1S/C15H12Cl2FN4OP/c1-7-11(16)12(17)14-10(21-7)4-9(18)13(22-14)8-5-19-15(20-6-8)24(2,3)23/h4-6H,1-3H3. The number of hydrogen-bond acceptors (Lipinski definition) is 5. The molecule has 0 aromatic carbocycles. The van der Waals surface area contributed by atoms with Gasteiger partial charge in [0.1, 0.15) is 18.4 Å². The zero-order valence-corrected chi connectivity index (χ0v) is 15.4. The topological polar surface area (TPSA) is 68.6 Å². The van der Waals surface area contributed by atoms with Gasteiger partial charge < -0.3 is 4.57 Å². The van der Waals surface area contributed by atoms with Gasteiger partial charge in [-0.15, -0.1) is 0 Å². The third-order valence-corrected chi connectivity index (χ3v) is 5.48. The highest BCUT2D eigenvalue weighted by atomic mass is 35.5. The molecule has 3 rings (SSSR count). The second-order valence-electron chi connectivity index (χ2n) is 5.63. The molecule has 3 heterocycles. The van der Waals surface area contributed by atoms with Crippen molar-refractivity contribution in [3.05, 3.63) is 40.0 Å². The Morgan fingerprint density at radius 3 is 2.29 bits per heavy atom. The number of rotatable bonds is 2. The van der Waals surface area contributed by atoms with Gasteiger partial charge in [0.2, 0.25) is 0 Å². The Hall–Kier alpha value is -1.62. The number of aryl methyl sites for hydroxylation is 1. The normalized spacial score (nSPS) is 11.9. The maximum absolute atomic E-state index is 14.4. The van der Waals surface area contributed by atoms with Crippen molar-refractivity contribution < 1.29 is 8.96 Å². The molecule has 124 valence electrons. The van der Waals surface area contributed by atoms with E-state index in [2.05, 4.69) is 19.9 Å². The monoisotopic (exact) mass is 384 g/mol. The van der Waals surface area contributed by atoms with Crippen molar-refractivity contribution in [3.63, 3.8) is 0 Å². The molecule has 0 atom stereocenters. The van der Waals surface area contributed by atoms with Gasteiger partial charge in [-0.25, -0.2) is 24.3 Å². The van der Waals surface area contributed by atoms with Crippen molar-refractivity contribution in [1.82, 2.24) is 19.9 Å². The van der Waals surface area contributed by atoms with E-state index in [0.717, 1.165) is 0 Å². The molecule has 0 amide bonds. The van der Waals surface area contributed by atoms with Crippen LogP contribution < -0.4 is 5.57 Å². The van der Waals surface area contributed by atoms with Crippen LogP contribution in [-0.4, -0.2) is 33.3 Å². The van der Waals surface area contributed by atoms with Gasteiger partial charge in [0.05, 0.1) is 21.3 Å². The lowest BCUT2D eigenvalue weighted by Crippen LogP contribution is -2.12. The highest BCUT2D eigenvalue weighted by molar-refractivity contribution is 7.69. The number of hydrogen-bond donors (Lipinski definition) is 0. The minimum absolute atomic E-state index is 0.0275. The molecule has 3 aromatic heterocycles. The molecule has 0 radical (unpaired) electrons. The van der Waals surface area contributed by atoms with Crippen LogP contribution in [0.15, 0.2) is 18.5 Å². The fourth-order valence-electron chi connectivity index (χ4n) is 2.14. The highest BCUT2D eigenvalue weighted by Gasteiger charge is 2.18. The van der Waals surface area contributed by atoms with Crippen molar-refractivity contribution >= 4 is 46.9 Å². The maximum Gasteiger partial charge on any atom is 0.188 e. The zero-order chi connectivity index (χ0) is 17.6. The largest absolute Gasteiger partial charge is 0.316 e. The van der Waals surface area contributed by atoms with E-state index < -0.39 is 13.0 Å². The van der Waals surface area contributed by atoms with Crippen molar-refractivity contribution in [2.75, 3.05) is 13.3 Å². The van der Waals surface area contributed by atoms with Gasteiger partial charge in [-0.3, -0.25) is 0 Å². The molecule has 0 aliphatic heterocycles. The molecule has 5 nitrogen and oxygen atoms in total. The molecule has 0 aliphatic rings. The van der Waals surface area contributed by atoms with Gasteiger partial charge in [-0.2, -0.15) is 0 Å². The van der Waals surface area contributed by atoms with Gasteiger partial charge in [0.15, 0.2) is 11.4 Å². The Bertz CT molecular complexity index is 1000. The summed E-state index contributed by atoms with van der Waals surface area (Å²) in [5.41, 5.74) is 1.71. The first-order valence-electron chi connectivity index (χ1n) is 6.88. The Morgan fingerprint density at radius 2 is 1.71 bits per heavy atom. The molecule has 0 saturated heterocycles. The minimum atomic E-state index is -2.59. The van der Waals surface area contributed by atoms with Crippen molar-refractivity contribution in [1.29, 1.82) is 0 Å². The predicted molar refractivity (Wildman–Crippen MR) is 94.4 cm³/mol. The molecule has 0 bridgehead atoms. The molecule has 0 aliphatic carbocycles. The molecular weight excluding hydrogens is 373 g/mol. The van der Waals surface area contributed by atoms with Crippen molar-refractivity contribution in [2.24, 2.45) is 0 Å². The van der Waals surface area contributed by atoms with Crippen LogP contribution in [0.25, 0.3) is 22.3 Å². The molecule has 0 fully saturated rings. The summed E-state index contributed by atoms with van der Waals surface area (Å²) in [4.78, 5) is 16.5. The average Bonchev–Trinajstić information content (AvgIpc) is 2.52. The predicted octanol–water partition coefficient (Wildman–Crippen LogP) is 4.09. The third kappa shape index (κ3) is 3.02. The average molecular weight is 385 g/mol. The fourth-order valence-corrected chi connectivity index (χ4v) is 3.22. The molecule has 9 heteroatoms. The van der Waals surface area contributed by atoms with Gasteiger partial charge in [0.25, 0.3) is 0 Å². The van der Waals surface area contributed by atoms with E-state index >= 15 is 0 Å². The first-order valence-corrected chi connectivity index (χ1v) is 10.2. The van der Waals surface area contributed by atoms with E-state index in [1.165, 1.54) is 18.5 Å². The van der Waals surface area contributed by atoms with Crippen LogP contribution in [0.2, 0.25) is 10.0 Å². The van der Waals surface area contributed by atoms with Gasteiger partial charge in [0, 0.05) is 24.0 Å².